The molecule has 1 rings (SSSR count). The molecule has 0 bridgehead atoms. The van der Waals surface area contributed by atoms with Crippen LogP contribution in [-0.2, 0) is 14.3 Å². The second-order valence-electron chi connectivity index (χ2n) is 3.46. The van der Waals surface area contributed by atoms with Crippen LogP contribution in [0, 0.1) is 6.92 Å². The van der Waals surface area contributed by atoms with Gasteiger partial charge in [0, 0.05) is 18.3 Å². The Morgan fingerprint density at radius 2 is 2.00 bits per heavy atom. The summed E-state index contributed by atoms with van der Waals surface area (Å²) in [6, 6.07) is 1.67. The maximum atomic E-state index is 11.3. The van der Waals surface area contributed by atoms with Crippen molar-refractivity contribution < 1.29 is 19.1 Å². The third-order valence-corrected chi connectivity index (χ3v) is 2.09. The van der Waals surface area contributed by atoms with Gasteiger partial charge in [0.15, 0.2) is 0 Å². The number of methoxy groups -OCH3 is 2. The third kappa shape index (κ3) is 4.00. The summed E-state index contributed by atoms with van der Waals surface area (Å²) in [5.74, 6) is -0.471. The van der Waals surface area contributed by atoms with Gasteiger partial charge in [-0.2, -0.15) is 0 Å². The molecule has 0 aliphatic carbocycles. The summed E-state index contributed by atoms with van der Waals surface area (Å²) in [5, 5.41) is 2.91. The Morgan fingerprint density at radius 3 is 2.61 bits per heavy atom. The van der Waals surface area contributed by atoms with Gasteiger partial charge in [0.1, 0.15) is 5.82 Å². The molecule has 0 atom stereocenters. The Labute approximate surface area is 105 Å². The molecular weight excluding hydrogens is 238 g/mol. The zero-order valence-electron chi connectivity index (χ0n) is 10.5. The molecule has 0 saturated carbocycles. The van der Waals surface area contributed by atoms with E-state index in [1.54, 1.807) is 13.0 Å². The van der Waals surface area contributed by atoms with Crippen molar-refractivity contribution in [3.63, 3.8) is 0 Å². The highest BCUT2D eigenvalue weighted by atomic mass is 16.5. The average molecular weight is 253 g/mol. The smallest absolute Gasteiger partial charge is 0.376 e. The Kier molecular flexibility index (Phi) is 5.04. The minimum Gasteiger partial charge on any atom is -0.469 e. The molecule has 0 spiro atoms. The molecule has 1 N–H and O–H groups in total. The Morgan fingerprint density at radius 1 is 1.28 bits per heavy atom. The Hall–Kier alpha value is -2.18. The highest BCUT2D eigenvalue weighted by Crippen LogP contribution is 2.07. The monoisotopic (exact) mass is 253 g/mol. The second-order valence-corrected chi connectivity index (χ2v) is 3.46. The number of aromatic nitrogens is 2. The van der Waals surface area contributed by atoms with Crippen LogP contribution >= 0.6 is 0 Å². The SMILES string of the molecule is COC(=O)CCNc1cc(C)nc(C(=O)OC)n1. The molecule has 0 fully saturated rings. The number of hydrogen-bond donors (Lipinski definition) is 1. The number of carbonyl (C=O) groups is 2. The summed E-state index contributed by atoms with van der Waals surface area (Å²) in [6.07, 6.45) is 0.215. The van der Waals surface area contributed by atoms with Gasteiger partial charge in [-0.05, 0) is 6.92 Å². The van der Waals surface area contributed by atoms with Gasteiger partial charge in [0.05, 0.1) is 20.6 Å². The van der Waals surface area contributed by atoms with Crippen LogP contribution in [-0.4, -0.2) is 42.7 Å². The highest BCUT2D eigenvalue weighted by molar-refractivity contribution is 5.85. The zero-order valence-corrected chi connectivity index (χ0v) is 10.5. The Balaban J connectivity index is 2.68. The zero-order chi connectivity index (χ0) is 13.5. The van der Waals surface area contributed by atoms with Crippen molar-refractivity contribution in [2.24, 2.45) is 0 Å². The lowest BCUT2D eigenvalue weighted by Crippen LogP contribution is -2.14. The highest BCUT2D eigenvalue weighted by Gasteiger charge is 2.11. The maximum Gasteiger partial charge on any atom is 0.376 e. The normalized spacial score (nSPS) is 9.72. The third-order valence-electron chi connectivity index (χ3n) is 2.09. The van der Waals surface area contributed by atoms with Crippen LogP contribution in [0.3, 0.4) is 0 Å². The molecule has 0 aliphatic rings. The number of rotatable bonds is 5. The number of esters is 2. The second kappa shape index (κ2) is 6.53. The molecule has 0 aromatic carbocycles. The fraction of sp³-hybridized carbons (Fsp3) is 0.455. The van der Waals surface area contributed by atoms with Crippen molar-refractivity contribution in [2.75, 3.05) is 26.1 Å². The molecule has 0 radical (unpaired) electrons. The van der Waals surface area contributed by atoms with Crippen LogP contribution in [0.5, 0.6) is 0 Å². The van der Waals surface area contributed by atoms with Gasteiger partial charge in [-0.15, -0.1) is 0 Å². The molecule has 18 heavy (non-hydrogen) atoms. The van der Waals surface area contributed by atoms with Crippen molar-refractivity contribution >= 4 is 17.8 Å². The minimum absolute atomic E-state index is 0.0157. The predicted molar refractivity (Wildman–Crippen MR) is 63.2 cm³/mol. The molecule has 0 aliphatic heterocycles. The molecule has 7 heteroatoms. The first-order valence-corrected chi connectivity index (χ1v) is 5.31. The number of anilines is 1. The molecule has 0 unspecified atom stereocenters. The van der Waals surface area contributed by atoms with Crippen molar-refractivity contribution in [3.05, 3.63) is 17.6 Å². The molecule has 0 amide bonds. The number of ether oxygens (including phenoxy) is 2. The summed E-state index contributed by atoms with van der Waals surface area (Å²) < 4.78 is 9.05. The van der Waals surface area contributed by atoms with E-state index in [2.05, 4.69) is 24.8 Å². The lowest BCUT2D eigenvalue weighted by molar-refractivity contribution is -0.140. The molecule has 7 nitrogen and oxygen atoms in total. The van der Waals surface area contributed by atoms with Crippen molar-refractivity contribution in [2.45, 2.75) is 13.3 Å². The van der Waals surface area contributed by atoms with E-state index in [4.69, 9.17) is 0 Å². The van der Waals surface area contributed by atoms with Crippen molar-refractivity contribution in [1.82, 2.24) is 9.97 Å². The van der Waals surface area contributed by atoms with E-state index in [9.17, 15) is 9.59 Å². The summed E-state index contributed by atoms with van der Waals surface area (Å²) in [7, 11) is 2.59. The number of nitrogens with zero attached hydrogens (tertiary/aromatic N) is 2. The lowest BCUT2D eigenvalue weighted by Gasteiger charge is -2.07. The van der Waals surface area contributed by atoms with Gasteiger partial charge in [-0.1, -0.05) is 0 Å². The summed E-state index contributed by atoms with van der Waals surface area (Å²) in [5.41, 5.74) is 0.631. The van der Waals surface area contributed by atoms with Gasteiger partial charge in [0.25, 0.3) is 0 Å². The summed E-state index contributed by atoms with van der Waals surface area (Å²) >= 11 is 0. The fourth-order valence-electron chi connectivity index (χ4n) is 1.24. The van der Waals surface area contributed by atoms with Gasteiger partial charge < -0.3 is 14.8 Å². The first kappa shape index (κ1) is 13.9. The van der Waals surface area contributed by atoms with Crippen molar-refractivity contribution in [1.29, 1.82) is 0 Å². The fourth-order valence-corrected chi connectivity index (χ4v) is 1.24. The Bertz CT molecular complexity index is 448. The summed E-state index contributed by atoms with van der Waals surface area (Å²) in [6.45, 7) is 2.10. The van der Waals surface area contributed by atoms with E-state index in [0.717, 1.165) is 0 Å². The lowest BCUT2D eigenvalue weighted by atomic mass is 10.4. The van der Waals surface area contributed by atoms with E-state index in [0.29, 0.717) is 18.1 Å². The molecular formula is C11H15N3O4. The minimum atomic E-state index is -0.602. The van der Waals surface area contributed by atoms with E-state index >= 15 is 0 Å². The van der Waals surface area contributed by atoms with Gasteiger partial charge >= 0.3 is 11.9 Å². The van der Waals surface area contributed by atoms with Crippen LogP contribution in [0.2, 0.25) is 0 Å². The first-order chi connectivity index (χ1) is 8.56. The topological polar surface area (TPSA) is 90.4 Å². The molecule has 0 saturated heterocycles. The van der Waals surface area contributed by atoms with E-state index in [1.165, 1.54) is 14.2 Å². The van der Waals surface area contributed by atoms with Crippen molar-refractivity contribution in [3.8, 4) is 0 Å². The largest absolute Gasteiger partial charge is 0.469 e. The van der Waals surface area contributed by atoms with E-state index in [-0.39, 0.29) is 18.2 Å². The molecule has 1 aromatic rings. The van der Waals surface area contributed by atoms with Gasteiger partial charge in [-0.3, -0.25) is 4.79 Å². The summed E-state index contributed by atoms with van der Waals surface area (Å²) in [4.78, 5) is 30.1. The van der Waals surface area contributed by atoms with Crippen LogP contribution in [0.4, 0.5) is 5.82 Å². The standard InChI is InChI=1S/C11H15N3O4/c1-7-6-8(12-5-4-9(15)17-2)14-10(13-7)11(16)18-3/h6H,4-5H2,1-3H3,(H,12,13,14). The average Bonchev–Trinajstić information content (AvgIpc) is 2.36. The molecule has 1 heterocycles. The van der Waals surface area contributed by atoms with E-state index in [1.807, 2.05) is 0 Å². The van der Waals surface area contributed by atoms with Gasteiger partial charge in [-0.25, -0.2) is 14.8 Å². The predicted octanol–water partition coefficient (Wildman–Crippen LogP) is 0.547. The van der Waals surface area contributed by atoms with Crippen LogP contribution in [0.1, 0.15) is 22.7 Å². The number of nitrogens with one attached hydrogen (secondary N) is 1. The molecule has 1 aromatic heterocycles. The van der Waals surface area contributed by atoms with Crippen LogP contribution in [0.15, 0.2) is 6.07 Å². The first-order valence-electron chi connectivity index (χ1n) is 5.31. The van der Waals surface area contributed by atoms with Crippen LogP contribution in [0.25, 0.3) is 0 Å². The molecule has 98 valence electrons. The van der Waals surface area contributed by atoms with E-state index < -0.39 is 5.97 Å². The maximum absolute atomic E-state index is 11.3. The van der Waals surface area contributed by atoms with Crippen LogP contribution < -0.4 is 5.32 Å². The van der Waals surface area contributed by atoms with Gasteiger partial charge in [0.2, 0.25) is 5.82 Å². The number of aryl methyl sites for hydroxylation is 1. The number of carbonyl (C=O) groups excluding carboxylic acids is 2. The quantitative estimate of drug-likeness (QED) is 0.766. The number of hydrogen-bond acceptors (Lipinski definition) is 7.